The fourth-order valence-electron chi connectivity index (χ4n) is 5.03. The van der Waals surface area contributed by atoms with Crippen molar-refractivity contribution in [3.63, 3.8) is 0 Å². The summed E-state index contributed by atoms with van der Waals surface area (Å²) in [5.74, 6) is -0.897. The summed E-state index contributed by atoms with van der Waals surface area (Å²) < 4.78 is 0. The minimum absolute atomic E-state index is 0.161. The van der Waals surface area contributed by atoms with Crippen LogP contribution in [0.25, 0.3) is 0 Å². The highest BCUT2D eigenvalue weighted by Crippen LogP contribution is 2.52. The van der Waals surface area contributed by atoms with E-state index in [1.165, 1.54) is 0 Å². The van der Waals surface area contributed by atoms with Gasteiger partial charge >= 0.3 is 0 Å². The molecule has 1 saturated heterocycles. The number of carbonyl (C=O) groups excluding carboxylic acids is 3. The van der Waals surface area contributed by atoms with Crippen LogP contribution in [0.15, 0.2) is 30.4 Å². The second-order valence-corrected chi connectivity index (χ2v) is 7.98. The van der Waals surface area contributed by atoms with Gasteiger partial charge in [0, 0.05) is 24.5 Å². The molecule has 2 bridgehead atoms. The molecule has 28 heavy (non-hydrogen) atoms. The predicted molar refractivity (Wildman–Crippen MR) is 108 cm³/mol. The van der Waals surface area contributed by atoms with Crippen LogP contribution in [0.5, 0.6) is 0 Å². The molecule has 1 N–H and O–H groups in total. The van der Waals surface area contributed by atoms with E-state index in [4.69, 9.17) is 0 Å². The minimum Gasteiger partial charge on any atom is -0.372 e. The van der Waals surface area contributed by atoms with Crippen molar-refractivity contribution in [3.8, 4) is 0 Å². The predicted octanol–water partition coefficient (Wildman–Crippen LogP) is 2.59. The molecule has 2 aliphatic carbocycles. The summed E-state index contributed by atoms with van der Waals surface area (Å²) in [6.45, 7) is 7.79. The highest BCUT2D eigenvalue weighted by Gasteiger charge is 2.59. The van der Waals surface area contributed by atoms with Crippen LogP contribution in [-0.2, 0) is 14.4 Å². The number of nitrogens with zero attached hydrogens (tertiary/aromatic N) is 2. The number of fused-ring (bicyclic) bond motifs is 5. The average molecular weight is 381 g/mol. The van der Waals surface area contributed by atoms with E-state index in [1.54, 1.807) is 0 Å². The number of benzene rings is 1. The summed E-state index contributed by atoms with van der Waals surface area (Å²) in [5, 5.41) is 2.86. The lowest BCUT2D eigenvalue weighted by Gasteiger charge is -2.22. The first kappa shape index (κ1) is 18.7. The lowest BCUT2D eigenvalue weighted by Crippen LogP contribution is -2.39. The number of likely N-dealkylation sites (tertiary alicyclic amines) is 1. The summed E-state index contributed by atoms with van der Waals surface area (Å²) in [6, 6.07) is 5.91. The van der Waals surface area contributed by atoms with Crippen LogP contribution in [0.4, 0.5) is 11.4 Å². The molecule has 6 nitrogen and oxygen atoms in total. The normalized spacial score (nSPS) is 27.5. The fourth-order valence-corrected chi connectivity index (χ4v) is 5.03. The third-order valence-electron chi connectivity index (χ3n) is 6.48. The zero-order valence-electron chi connectivity index (χ0n) is 16.6. The van der Waals surface area contributed by atoms with Crippen LogP contribution in [0.3, 0.4) is 0 Å². The first-order valence-corrected chi connectivity index (χ1v) is 10.1. The second-order valence-electron chi connectivity index (χ2n) is 7.98. The molecule has 1 aromatic rings. The number of rotatable bonds is 6. The Morgan fingerprint density at radius 2 is 1.71 bits per heavy atom. The van der Waals surface area contributed by atoms with Gasteiger partial charge in [0.2, 0.25) is 17.7 Å². The van der Waals surface area contributed by atoms with Crippen LogP contribution >= 0.6 is 0 Å². The molecular formula is C22H27N3O3. The summed E-state index contributed by atoms with van der Waals surface area (Å²) in [4.78, 5) is 41.4. The highest BCUT2D eigenvalue weighted by atomic mass is 16.2. The summed E-state index contributed by atoms with van der Waals surface area (Å²) in [5.41, 5.74) is 2.78. The molecule has 2 fully saturated rings. The van der Waals surface area contributed by atoms with Gasteiger partial charge in [-0.3, -0.25) is 19.3 Å². The van der Waals surface area contributed by atoms with E-state index < -0.39 is 0 Å². The molecule has 6 heteroatoms. The van der Waals surface area contributed by atoms with Crippen LogP contribution in [-0.4, -0.2) is 42.3 Å². The molecule has 3 aliphatic rings. The molecule has 1 aliphatic heterocycles. The quantitative estimate of drug-likeness (QED) is 0.607. The smallest absolute Gasteiger partial charge is 0.244 e. The molecule has 148 valence electrons. The van der Waals surface area contributed by atoms with Crippen LogP contribution < -0.4 is 10.2 Å². The number of aryl methyl sites for hydroxylation is 1. The third kappa shape index (κ3) is 2.91. The Labute approximate surface area is 165 Å². The zero-order chi connectivity index (χ0) is 20.0. The number of hydrogen-bond donors (Lipinski definition) is 1. The van der Waals surface area contributed by atoms with Crippen LogP contribution in [0.2, 0.25) is 0 Å². The van der Waals surface area contributed by atoms with E-state index in [9.17, 15) is 14.4 Å². The molecule has 3 amide bonds. The fraction of sp³-hybridized carbons (Fsp3) is 0.500. The van der Waals surface area contributed by atoms with Gasteiger partial charge in [-0.15, -0.1) is 0 Å². The van der Waals surface area contributed by atoms with Crippen LogP contribution in [0.1, 0.15) is 25.8 Å². The number of imide groups is 1. The number of anilines is 2. The van der Waals surface area contributed by atoms with E-state index in [0.717, 1.165) is 35.7 Å². The van der Waals surface area contributed by atoms with E-state index in [0.29, 0.717) is 5.69 Å². The lowest BCUT2D eigenvalue weighted by molar-refractivity contribution is -0.143. The number of carbonyl (C=O) groups is 3. The maximum absolute atomic E-state index is 12.7. The van der Waals surface area contributed by atoms with E-state index in [2.05, 4.69) is 36.2 Å². The Kier molecular flexibility index (Phi) is 4.73. The van der Waals surface area contributed by atoms with Gasteiger partial charge in [0.1, 0.15) is 6.54 Å². The van der Waals surface area contributed by atoms with E-state index >= 15 is 0 Å². The number of nitrogens with one attached hydrogen (secondary N) is 1. The van der Waals surface area contributed by atoms with Crippen molar-refractivity contribution in [2.75, 3.05) is 29.9 Å². The van der Waals surface area contributed by atoms with Crippen molar-refractivity contribution in [2.45, 2.75) is 27.2 Å². The molecule has 0 aromatic heterocycles. The number of hydrogen-bond acceptors (Lipinski definition) is 4. The monoisotopic (exact) mass is 381 g/mol. The first-order chi connectivity index (χ1) is 13.4. The maximum atomic E-state index is 12.7. The lowest BCUT2D eigenvalue weighted by atomic mass is 9.85. The molecular weight excluding hydrogens is 354 g/mol. The number of allylic oxidation sites excluding steroid dienone is 2. The van der Waals surface area contributed by atoms with Crippen LogP contribution in [0, 0.1) is 30.6 Å². The van der Waals surface area contributed by atoms with E-state index in [1.807, 2.05) is 25.1 Å². The molecule has 0 radical (unpaired) electrons. The molecule has 4 atom stereocenters. The standard InChI is InChI=1S/C22H27N3O3/c1-4-24(5-2)16-8-9-17(13(3)10-16)23-18(26)12-25-21(27)19-14-6-7-15(11-14)20(19)22(25)28/h6-10,14-15,19-20H,4-5,11-12H2,1-3H3,(H,23,26)/t14-,15-,19-,20+/m0/s1. The molecule has 0 unspecified atom stereocenters. The van der Waals surface area contributed by atoms with Gasteiger partial charge in [-0.25, -0.2) is 0 Å². The van der Waals surface area contributed by atoms with Gasteiger partial charge in [-0.1, -0.05) is 12.2 Å². The summed E-state index contributed by atoms with van der Waals surface area (Å²) in [6.07, 6.45) is 5.01. The zero-order valence-corrected chi connectivity index (χ0v) is 16.6. The highest BCUT2D eigenvalue weighted by molar-refractivity contribution is 6.09. The Hall–Kier alpha value is -2.63. The first-order valence-electron chi connectivity index (χ1n) is 10.1. The summed E-state index contributed by atoms with van der Waals surface area (Å²) in [7, 11) is 0. The minimum atomic E-state index is -0.333. The number of amides is 3. The van der Waals surface area contributed by atoms with Crippen molar-refractivity contribution in [1.29, 1.82) is 0 Å². The average Bonchev–Trinajstić information content (AvgIpc) is 3.35. The Balaban J connectivity index is 1.43. The maximum Gasteiger partial charge on any atom is 0.244 e. The van der Waals surface area contributed by atoms with Crippen molar-refractivity contribution < 1.29 is 14.4 Å². The van der Waals surface area contributed by atoms with Gasteiger partial charge in [-0.05, 0) is 62.8 Å². The van der Waals surface area contributed by atoms with E-state index in [-0.39, 0.29) is 47.9 Å². The Morgan fingerprint density at radius 3 is 2.25 bits per heavy atom. The Bertz CT molecular complexity index is 829. The van der Waals surface area contributed by atoms with Crippen molar-refractivity contribution >= 4 is 29.1 Å². The molecule has 0 spiro atoms. The van der Waals surface area contributed by atoms with Gasteiger partial charge in [0.15, 0.2) is 0 Å². The molecule has 1 heterocycles. The molecule has 1 saturated carbocycles. The van der Waals surface area contributed by atoms with Gasteiger partial charge in [-0.2, -0.15) is 0 Å². The Morgan fingerprint density at radius 1 is 1.11 bits per heavy atom. The molecule has 4 rings (SSSR count). The largest absolute Gasteiger partial charge is 0.372 e. The van der Waals surface area contributed by atoms with Crippen molar-refractivity contribution in [2.24, 2.45) is 23.7 Å². The molecule has 1 aromatic carbocycles. The van der Waals surface area contributed by atoms with Gasteiger partial charge in [0.05, 0.1) is 11.8 Å². The topological polar surface area (TPSA) is 69.7 Å². The summed E-state index contributed by atoms with van der Waals surface area (Å²) >= 11 is 0. The second kappa shape index (κ2) is 7.08. The van der Waals surface area contributed by atoms with Gasteiger partial charge < -0.3 is 10.2 Å². The van der Waals surface area contributed by atoms with Gasteiger partial charge in [0.25, 0.3) is 0 Å². The third-order valence-corrected chi connectivity index (χ3v) is 6.48. The van der Waals surface area contributed by atoms with Crippen molar-refractivity contribution in [1.82, 2.24) is 4.90 Å². The SMILES string of the molecule is CCN(CC)c1ccc(NC(=O)CN2C(=O)[C@@H]3[C@H](C2=O)[C@H]2C=C[C@H]3C2)c(C)c1. The van der Waals surface area contributed by atoms with Crippen molar-refractivity contribution in [3.05, 3.63) is 35.9 Å².